The zero-order valence-electron chi connectivity index (χ0n) is 11.6. The number of halogens is 2. The van der Waals surface area contributed by atoms with E-state index in [0.29, 0.717) is 22.3 Å². The number of nitrogens with one attached hydrogen (secondary N) is 1. The van der Waals surface area contributed by atoms with Crippen molar-refractivity contribution < 1.29 is 9.84 Å². The lowest BCUT2D eigenvalue weighted by atomic mass is 10.3. The summed E-state index contributed by atoms with van der Waals surface area (Å²) in [4.78, 5) is 0. The van der Waals surface area contributed by atoms with Gasteiger partial charge >= 0.3 is 0 Å². The molecule has 6 heteroatoms. The van der Waals surface area contributed by atoms with Gasteiger partial charge in [-0.05, 0) is 43.5 Å². The molecule has 0 aliphatic rings. The first kappa shape index (κ1) is 17.9. The third-order valence-electron chi connectivity index (χ3n) is 2.67. The van der Waals surface area contributed by atoms with E-state index in [4.69, 9.17) is 27.9 Å². The molecule has 20 heavy (non-hydrogen) atoms. The van der Waals surface area contributed by atoms with E-state index in [-0.39, 0.29) is 6.61 Å². The highest BCUT2D eigenvalue weighted by Gasteiger charge is 2.06. The molecule has 0 spiro atoms. The third kappa shape index (κ3) is 7.60. The second kappa shape index (κ2) is 10.6. The highest BCUT2D eigenvalue weighted by molar-refractivity contribution is 7.98. The summed E-state index contributed by atoms with van der Waals surface area (Å²) < 4.78 is 5.46. The van der Waals surface area contributed by atoms with Gasteiger partial charge in [-0.15, -0.1) is 0 Å². The van der Waals surface area contributed by atoms with Crippen molar-refractivity contribution in [2.45, 2.75) is 18.9 Å². The average molecular weight is 338 g/mol. The molecular weight excluding hydrogens is 317 g/mol. The molecule has 0 amide bonds. The molecule has 0 heterocycles. The van der Waals surface area contributed by atoms with E-state index in [1.807, 2.05) is 11.8 Å². The molecule has 3 nitrogen and oxygen atoms in total. The summed E-state index contributed by atoms with van der Waals surface area (Å²) in [5, 5.41) is 13.9. The van der Waals surface area contributed by atoms with Gasteiger partial charge in [0.15, 0.2) is 0 Å². The maximum absolute atomic E-state index is 9.79. The van der Waals surface area contributed by atoms with Crippen LogP contribution >= 0.6 is 35.0 Å². The summed E-state index contributed by atoms with van der Waals surface area (Å²) >= 11 is 13.6. The minimum Gasteiger partial charge on any atom is -0.491 e. The van der Waals surface area contributed by atoms with Crippen LogP contribution in [0.5, 0.6) is 5.75 Å². The standard InChI is InChI=1S/C14H21Cl2NO2S/c1-20-7-3-2-6-17-9-11(18)10-19-12-4-5-13(15)14(16)8-12/h4-5,8,11,17-18H,2-3,6-7,9-10H2,1H3. The van der Waals surface area contributed by atoms with Crippen LogP contribution in [0.25, 0.3) is 0 Å². The summed E-state index contributed by atoms with van der Waals surface area (Å²) in [6.07, 6.45) is 3.90. The predicted molar refractivity (Wildman–Crippen MR) is 88.4 cm³/mol. The van der Waals surface area contributed by atoms with Crippen molar-refractivity contribution in [1.29, 1.82) is 0 Å². The van der Waals surface area contributed by atoms with E-state index >= 15 is 0 Å². The molecule has 0 aliphatic carbocycles. The Bertz CT molecular complexity index is 393. The number of hydrogen-bond acceptors (Lipinski definition) is 4. The summed E-state index contributed by atoms with van der Waals surface area (Å²) in [6, 6.07) is 5.05. The van der Waals surface area contributed by atoms with Crippen LogP contribution in [0.4, 0.5) is 0 Å². The fourth-order valence-electron chi connectivity index (χ4n) is 1.58. The Kier molecular flexibility index (Phi) is 9.48. The van der Waals surface area contributed by atoms with E-state index in [2.05, 4.69) is 11.6 Å². The topological polar surface area (TPSA) is 41.5 Å². The van der Waals surface area contributed by atoms with Crippen molar-refractivity contribution in [3.8, 4) is 5.75 Å². The molecule has 1 aromatic rings. The van der Waals surface area contributed by atoms with Gasteiger partial charge in [0.1, 0.15) is 18.5 Å². The van der Waals surface area contributed by atoms with E-state index in [1.54, 1.807) is 18.2 Å². The first-order valence-corrected chi connectivity index (χ1v) is 8.74. The highest BCUT2D eigenvalue weighted by atomic mass is 35.5. The number of rotatable bonds is 10. The monoisotopic (exact) mass is 337 g/mol. The Morgan fingerprint density at radius 1 is 1.30 bits per heavy atom. The molecule has 0 saturated heterocycles. The van der Waals surface area contributed by atoms with Gasteiger partial charge in [0.2, 0.25) is 0 Å². The zero-order valence-corrected chi connectivity index (χ0v) is 13.9. The lowest BCUT2D eigenvalue weighted by Crippen LogP contribution is -2.32. The Labute approximate surface area is 135 Å². The van der Waals surface area contributed by atoms with E-state index in [1.165, 1.54) is 12.2 Å². The number of hydrogen-bond donors (Lipinski definition) is 2. The Morgan fingerprint density at radius 3 is 2.80 bits per heavy atom. The molecule has 0 fully saturated rings. The summed E-state index contributed by atoms with van der Waals surface area (Å²) in [5.41, 5.74) is 0. The molecule has 2 N–H and O–H groups in total. The minimum absolute atomic E-state index is 0.232. The van der Waals surface area contributed by atoms with Gasteiger partial charge in [-0.3, -0.25) is 0 Å². The van der Waals surface area contributed by atoms with Crippen LogP contribution in [0, 0.1) is 0 Å². The van der Waals surface area contributed by atoms with Gasteiger partial charge in [-0.2, -0.15) is 11.8 Å². The zero-order chi connectivity index (χ0) is 14.8. The van der Waals surface area contributed by atoms with Crippen LogP contribution in [0.1, 0.15) is 12.8 Å². The van der Waals surface area contributed by atoms with Crippen LogP contribution in [0.3, 0.4) is 0 Å². The van der Waals surface area contributed by atoms with Crippen LogP contribution in [-0.4, -0.2) is 42.9 Å². The van der Waals surface area contributed by atoms with Gasteiger partial charge in [-0.1, -0.05) is 23.2 Å². The first-order chi connectivity index (χ1) is 9.63. The normalized spacial score (nSPS) is 12.4. The van der Waals surface area contributed by atoms with Crippen molar-refractivity contribution in [2.75, 3.05) is 31.7 Å². The SMILES string of the molecule is CSCCCCNCC(O)COc1ccc(Cl)c(Cl)c1. The second-order valence-corrected chi connectivity index (χ2v) is 6.24. The molecule has 0 aromatic heterocycles. The van der Waals surface area contributed by atoms with E-state index in [9.17, 15) is 5.11 Å². The molecule has 1 unspecified atom stereocenters. The maximum atomic E-state index is 9.79. The fraction of sp³-hybridized carbons (Fsp3) is 0.571. The van der Waals surface area contributed by atoms with Crippen molar-refractivity contribution in [3.63, 3.8) is 0 Å². The van der Waals surface area contributed by atoms with Crippen molar-refractivity contribution in [2.24, 2.45) is 0 Å². The quantitative estimate of drug-likeness (QED) is 0.641. The van der Waals surface area contributed by atoms with Crippen molar-refractivity contribution in [1.82, 2.24) is 5.32 Å². The fourth-order valence-corrected chi connectivity index (χ4v) is 2.36. The largest absolute Gasteiger partial charge is 0.491 e. The van der Waals surface area contributed by atoms with Gasteiger partial charge in [0.25, 0.3) is 0 Å². The maximum Gasteiger partial charge on any atom is 0.121 e. The van der Waals surface area contributed by atoms with Crippen molar-refractivity contribution >= 4 is 35.0 Å². The summed E-state index contributed by atoms with van der Waals surface area (Å²) in [7, 11) is 0. The van der Waals surface area contributed by atoms with Crippen LogP contribution in [0.2, 0.25) is 10.0 Å². The average Bonchev–Trinajstić information content (AvgIpc) is 2.44. The Morgan fingerprint density at radius 2 is 2.10 bits per heavy atom. The number of aliphatic hydroxyl groups excluding tert-OH is 1. The molecule has 1 aromatic carbocycles. The molecule has 1 atom stereocenters. The summed E-state index contributed by atoms with van der Waals surface area (Å²) in [6.45, 7) is 1.68. The van der Waals surface area contributed by atoms with Gasteiger partial charge in [0.05, 0.1) is 10.0 Å². The van der Waals surface area contributed by atoms with E-state index in [0.717, 1.165) is 13.0 Å². The van der Waals surface area contributed by atoms with Gasteiger partial charge in [-0.25, -0.2) is 0 Å². The van der Waals surface area contributed by atoms with Gasteiger partial charge < -0.3 is 15.2 Å². The second-order valence-electron chi connectivity index (χ2n) is 4.44. The number of unbranched alkanes of at least 4 members (excludes halogenated alkanes) is 1. The summed E-state index contributed by atoms with van der Waals surface area (Å²) in [5.74, 6) is 1.79. The Balaban J connectivity index is 2.13. The number of thioether (sulfide) groups is 1. The molecule has 1 rings (SSSR count). The van der Waals surface area contributed by atoms with Crippen LogP contribution in [0.15, 0.2) is 18.2 Å². The van der Waals surface area contributed by atoms with Gasteiger partial charge in [0, 0.05) is 12.6 Å². The predicted octanol–water partition coefficient (Wildman–Crippen LogP) is 3.47. The Hall–Kier alpha value is -0.130. The molecule has 0 aliphatic heterocycles. The molecule has 0 radical (unpaired) electrons. The lowest BCUT2D eigenvalue weighted by Gasteiger charge is -2.13. The smallest absolute Gasteiger partial charge is 0.121 e. The molecule has 0 saturated carbocycles. The third-order valence-corrected chi connectivity index (χ3v) is 4.10. The molecule has 114 valence electrons. The number of aliphatic hydroxyl groups is 1. The highest BCUT2D eigenvalue weighted by Crippen LogP contribution is 2.26. The number of ether oxygens (including phenoxy) is 1. The molecule has 0 bridgehead atoms. The lowest BCUT2D eigenvalue weighted by molar-refractivity contribution is 0.106. The molecular formula is C14H21Cl2NO2S. The first-order valence-electron chi connectivity index (χ1n) is 6.59. The minimum atomic E-state index is -0.537. The number of benzene rings is 1. The van der Waals surface area contributed by atoms with Crippen LogP contribution < -0.4 is 10.1 Å². The van der Waals surface area contributed by atoms with Crippen molar-refractivity contribution in [3.05, 3.63) is 28.2 Å². The van der Waals surface area contributed by atoms with Crippen LogP contribution in [-0.2, 0) is 0 Å². The van der Waals surface area contributed by atoms with E-state index < -0.39 is 6.10 Å².